The van der Waals surface area contributed by atoms with Gasteiger partial charge in [-0.2, -0.15) is 0 Å². The van der Waals surface area contributed by atoms with E-state index in [2.05, 4.69) is 30.9 Å². The fraction of sp³-hybridized carbons (Fsp3) is 0.708. The highest BCUT2D eigenvalue weighted by molar-refractivity contribution is 7.97. The number of fused-ring (bicyclic) bond motifs is 2. The van der Waals surface area contributed by atoms with Crippen LogP contribution in [-0.2, 0) is 4.79 Å². The molecule has 5 unspecified atom stereocenters. The second kappa shape index (κ2) is 11.4. The number of nitro benzene ring substituents is 1. The normalized spacial score (nSPS) is 27.7. The summed E-state index contributed by atoms with van der Waals surface area (Å²) in [6, 6.07) is 5.47. The molecule has 0 heterocycles. The van der Waals surface area contributed by atoms with E-state index in [-0.39, 0.29) is 5.69 Å². The van der Waals surface area contributed by atoms with Gasteiger partial charge in [-0.1, -0.05) is 26.3 Å². The predicted molar refractivity (Wildman–Crippen MR) is 128 cm³/mol. The van der Waals surface area contributed by atoms with Crippen molar-refractivity contribution < 1.29 is 9.72 Å². The quantitative estimate of drug-likeness (QED) is 0.246. The number of carbonyl (C=O) groups is 1. The molecule has 3 rings (SSSR count). The molecule has 7 heteroatoms. The summed E-state index contributed by atoms with van der Waals surface area (Å²) >= 11 is 1.22. The Morgan fingerprint density at radius 2 is 1.97 bits per heavy atom. The van der Waals surface area contributed by atoms with Crippen molar-refractivity contribution in [3.63, 3.8) is 0 Å². The van der Waals surface area contributed by atoms with E-state index in [4.69, 9.17) is 0 Å². The maximum atomic E-state index is 10.7. The molecule has 6 nitrogen and oxygen atoms in total. The molecule has 0 amide bonds. The predicted octanol–water partition coefficient (Wildman–Crippen LogP) is 5.53. The van der Waals surface area contributed by atoms with Crippen molar-refractivity contribution in [2.75, 3.05) is 7.05 Å². The lowest BCUT2D eigenvalue weighted by Gasteiger charge is -2.47. The van der Waals surface area contributed by atoms with Crippen molar-refractivity contribution in [2.24, 2.45) is 23.7 Å². The van der Waals surface area contributed by atoms with Gasteiger partial charge in [-0.15, -0.1) is 0 Å². The van der Waals surface area contributed by atoms with Crippen molar-refractivity contribution in [1.29, 1.82) is 0 Å². The second-order valence-corrected chi connectivity index (χ2v) is 10.8. The van der Waals surface area contributed by atoms with Gasteiger partial charge in [0.15, 0.2) is 0 Å². The first-order valence-electron chi connectivity index (χ1n) is 11.4. The Hall–Kier alpha value is -1.44. The Balaban J connectivity index is 0.000000224. The van der Waals surface area contributed by atoms with Crippen LogP contribution in [0, 0.1) is 40.7 Å². The highest BCUT2D eigenvalue weighted by Crippen LogP contribution is 2.45. The molecule has 2 N–H and O–H groups in total. The number of nitrogens with zero attached hydrogens (tertiary/aromatic N) is 1. The van der Waals surface area contributed by atoms with E-state index in [0.29, 0.717) is 0 Å². The zero-order valence-electron chi connectivity index (χ0n) is 19.8. The van der Waals surface area contributed by atoms with Crippen LogP contribution in [0.15, 0.2) is 23.1 Å². The highest BCUT2D eigenvalue weighted by atomic mass is 32.2. The average molecular weight is 450 g/mol. The Morgan fingerprint density at radius 3 is 2.55 bits per heavy atom. The van der Waals surface area contributed by atoms with E-state index in [1.807, 2.05) is 6.92 Å². The highest BCUT2D eigenvalue weighted by Gasteiger charge is 2.40. The number of aryl methyl sites for hydroxylation is 1. The first-order chi connectivity index (χ1) is 14.6. The van der Waals surface area contributed by atoms with Gasteiger partial charge in [0.1, 0.15) is 6.29 Å². The molecule has 2 bridgehead atoms. The molecule has 5 atom stereocenters. The summed E-state index contributed by atoms with van der Waals surface area (Å²) in [6.45, 7) is 10.1. The molecule has 2 aliphatic rings. The molecule has 0 radical (unpaired) electrons. The van der Waals surface area contributed by atoms with E-state index in [1.165, 1.54) is 56.2 Å². The van der Waals surface area contributed by atoms with Gasteiger partial charge in [0.25, 0.3) is 5.69 Å². The first kappa shape index (κ1) is 25.8. The molecular weight excluding hydrogens is 410 g/mol. The number of nitro groups is 1. The van der Waals surface area contributed by atoms with Crippen molar-refractivity contribution in [3.8, 4) is 0 Å². The Labute approximate surface area is 191 Å². The molecule has 174 valence electrons. The summed E-state index contributed by atoms with van der Waals surface area (Å²) in [6.07, 6.45) is 8.14. The number of non-ortho nitro benzene ring substituents is 1. The topological polar surface area (TPSA) is 84.3 Å². The molecule has 0 saturated heterocycles. The molecule has 0 spiro atoms. The van der Waals surface area contributed by atoms with Crippen molar-refractivity contribution in [2.45, 2.75) is 83.2 Å². The third kappa shape index (κ3) is 7.29. The maximum Gasteiger partial charge on any atom is 0.270 e. The number of benzene rings is 1. The molecule has 2 aliphatic carbocycles. The van der Waals surface area contributed by atoms with Crippen LogP contribution in [0.1, 0.15) is 65.4 Å². The molecule has 1 aromatic carbocycles. The number of aldehydes is 1. The molecule has 0 aromatic heterocycles. The Morgan fingerprint density at radius 1 is 1.26 bits per heavy atom. The van der Waals surface area contributed by atoms with Gasteiger partial charge in [0.05, 0.1) is 10.5 Å². The van der Waals surface area contributed by atoms with Gasteiger partial charge in [-0.3, -0.25) is 10.1 Å². The summed E-state index contributed by atoms with van der Waals surface area (Å²) in [7, 11) is 2.16. The fourth-order valence-corrected chi connectivity index (χ4v) is 5.99. The minimum absolute atomic E-state index is 0.0452. The number of carbonyl (C=O) groups excluding carboxylic acids is 1. The van der Waals surface area contributed by atoms with E-state index < -0.39 is 10.5 Å². The van der Waals surface area contributed by atoms with Crippen LogP contribution in [0.25, 0.3) is 0 Å². The van der Waals surface area contributed by atoms with Crippen LogP contribution in [0.3, 0.4) is 0 Å². The maximum absolute atomic E-state index is 10.7. The zero-order chi connectivity index (χ0) is 23.2. The molecule has 0 aliphatic heterocycles. The van der Waals surface area contributed by atoms with Crippen molar-refractivity contribution >= 4 is 23.9 Å². The van der Waals surface area contributed by atoms with Crippen LogP contribution in [0.2, 0.25) is 0 Å². The van der Waals surface area contributed by atoms with Crippen LogP contribution in [0.5, 0.6) is 0 Å². The van der Waals surface area contributed by atoms with Gasteiger partial charge in [-0.05, 0) is 94.7 Å². The van der Waals surface area contributed by atoms with E-state index in [9.17, 15) is 14.9 Å². The van der Waals surface area contributed by atoms with Gasteiger partial charge in [0.2, 0.25) is 0 Å². The first-order valence-corrected chi connectivity index (χ1v) is 12.2. The smallest absolute Gasteiger partial charge is 0.270 e. The molecule has 2 saturated carbocycles. The monoisotopic (exact) mass is 449 g/mol. The summed E-state index contributed by atoms with van der Waals surface area (Å²) in [5.41, 5.74) is 0.306. The molecular formula is C24H39N3O3S. The van der Waals surface area contributed by atoms with Crippen molar-refractivity contribution in [1.82, 2.24) is 10.0 Å². The SMILES string of the molecule is CCC1CC2CC(C)CC(C2)C1NC.Cc1ccc([N+](=O)[O-])cc1SNC(C)(C)C=O. The van der Waals surface area contributed by atoms with Crippen LogP contribution in [0.4, 0.5) is 5.69 Å². The van der Waals surface area contributed by atoms with Crippen LogP contribution < -0.4 is 10.0 Å². The lowest BCUT2D eigenvalue weighted by Crippen LogP contribution is -2.48. The van der Waals surface area contributed by atoms with Gasteiger partial charge in [-0.25, -0.2) is 4.72 Å². The van der Waals surface area contributed by atoms with Crippen LogP contribution >= 0.6 is 11.9 Å². The summed E-state index contributed by atoms with van der Waals surface area (Å²) in [4.78, 5) is 21.7. The summed E-state index contributed by atoms with van der Waals surface area (Å²) < 4.78 is 2.96. The summed E-state index contributed by atoms with van der Waals surface area (Å²) in [5, 5.41) is 14.2. The van der Waals surface area contributed by atoms with E-state index in [1.54, 1.807) is 19.9 Å². The third-order valence-electron chi connectivity index (χ3n) is 6.69. The van der Waals surface area contributed by atoms with Gasteiger partial charge in [0, 0.05) is 23.1 Å². The second-order valence-electron chi connectivity index (χ2n) is 9.91. The molecule has 2 fully saturated rings. The Bertz CT molecular complexity index is 754. The van der Waals surface area contributed by atoms with E-state index >= 15 is 0 Å². The molecule has 1 aromatic rings. The standard InChI is InChI=1S/C13H25N.C11H14N2O3S/c1-4-11-7-10-5-9(2)6-12(8-10)13(11)14-3;1-8-4-5-9(13(15)16)6-10(8)17-12-11(2,3)7-14/h9-14H,4-8H2,1-3H3;4-7,12H,1-3H3. The minimum Gasteiger partial charge on any atom is -0.316 e. The van der Waals surface area contributed by atoms with Gasteiger partial charge >= 0.3 is 0 Å². The molecule has 31 heavy (non-hydrogen) atoms. The zero-order valence-corrected chi connectivity index (χ0v) is 20.6. The van der Waals surface area contributed by atoms with Crippen molar-refractivity contribution in [3.05, 3.63) is 33.9 Å². The van der Waals surface area contributed by atoms with Gasteiger partial charge < -0.3 is 10.1 Å². The number of nitrogens with one attached hydrogen (secondary N) is 2. The largest absolute Gasteiger partial charge is 0.316 e. The number of hydrogen-bond acceptors (Lipinski definition) is 6. The lowest BCUT2D eigenvalue weighted by molar-refractivity contribution is -0.385. The Kier molecular flexibility index (Phi) is 9.52. The number of rotatable bonds is 7. The fourth-order valence-electron chi connectivity index (χ4n) is 5.16. The number of hydrogen-bond donors (Lipinski definition) is 2. The third-order valence-corrected chi connectivity index (χ3v) is 7.98. The summed E-state index contributed by atoms with van der Waals surface area (Å²) in [5.74, 6) is 3.97. The minimum atomic E-state index is -0.665. The van der Waals surface area contributed by atoms with E-state index in [0.717, 1.165) is 46.5 Å². The van der Waals surface area contributed by atoms with Crippen LogP contribution in [-0.4, -0.2) is 29.8 Å². The average Bonchev–Trinajstić information content (AvgIpc) is 2.72. The lowest BCUT2D eigenvalue weighted by atomic mass is 9.62.